The van der Waals surface area contributed by atoms with Crippen LogP contribution in [0.2, 0.25) is 0 Å². The van der Waals surface area contributed by atoms with Gasteiger partial charge in [-0.05, 0) is 26.0 Å². The summed E-state index contributed by atoms with van der Waals surface area (Å²) < 4.78 is 11.0. The first-order valence-electron chi connectivity index (χ1n) is 8.10. The summed E-state index contributed by atoms with van der Waals surface area (Å²) in [4.78, 5) is 37.6. The summed E-state index contributed by atoms with van der Waals surface area (Å²) in [6.45, 7) is 4.24. The van der Waals surface area contributed by atoms with Gasteiger partial charge in [0.05, 0.1) is 5.92 Å². The number of amides is 3. The zero-order chi connectivity index (χ0) is 18.2. The first-order chi connectivity index (χ1) is 11.8. The molecule has 0 spiro atoms. The molecule has 0 aliphatic carbocycles. The zero-order valence-corrected chi connectivity index (χ0v) is 14.2. The highest BCUT2D eigenvalue weighted by Gasteiger charge is 2.38. The molecule has 2 aliphatic rings. The molecule has 0 saturated carbocycles. The molecule has 1 aromatic rings. The number of carbonyl (C=O) groups is 3. The van der Waals surface area contributed by atoms with Crippen LogP contribution in [-0.2, 0) is 14.4 Å². The fraction of sp³-hybridized carbons (Fsp3) is 0.471. The van der Waals surface area contributed by atoms with Crippen molar-refractivity contribution in [1.29, 1.82) is 0 Å². The Balaban J connectivity index is 1.72. The molecule has 2 heterocycles. The first-order valence-corrected chi connectivity index (χ1v) is 8.10. The maximum absolute atomic E-state index is 12.4. The van der Waals surface area contributed by atoms with Crippen molar-refractivity contribution in [3.63, 3.8) is 0 Å². The monoisotopic (exact) mass is 347 g/mol. The second-order valence-corrected chi connectivity index (χ2v) is 6.71. The number of hydrogen-bond donors (Lipinski definition) is 2. The van der Waals surface area contributed by atoms with Crippen LogP contribution in [0.3, 0.4) is 0 Å². The standard InChI is InChI=1S/C17H21N3O5/c1-17(2,16(18)23)19-15(22)10-7-14(21)20(9-10)11-3-4-12-13(8-11)25-6-5-24-12/h3-4,8,10H,5-7,9H2,1-2H3,(H2,18,23)(H,19,22)/t10-/m0/s1. The van der Waals surface area contributed by atoms with Gasteiger partial charge in [0, 0.05) is 24.7 Å². The lowest BCUT2D eigenvalue weighted by molar-refractivity contribution is -0.132. The highest BCUT2D eigenvalue weighted by Crippen LogP contribution is 2.36. The van der Waals surface area contributed by atoms with Gasteiger partial charge < -0.3 is 25.4 Å². The number of rotatable bonds is 4. The van der Waals surface area contributed by atoms with E-state index in [2.05, 4.69) is 5.32 Å². The second kappa shape index (κ2) is 6.27. The molecule has 1 aromatic carbocycles. The van der Waals surface area contributed by atoms with Crippen molar-refractivity contribution in [2.24, 2.45) is 11.7 Å². The van der Waals surface area contributed by atoms with E-state index in [0.717, 1.165) is 0 Å². The minimum atomic E-state index is -1.16. The van der Waals surface area contributed by atoms with Crippen molar-refractivity contribution in [3.8, 4) is 11.5 Å². The number of benzene rings is 1. The lowest BCUT2D eigenvalue weighted by atomic mass is 10.0. The summed E-state index contributed by atoms with van der Waals surface area (Å²) in [5.41, 5.74) is 4.76. The molecule has 0 radical (unpaired) electrons. The smallest absolute Gasteiger partial charge is 0.242 e. The summed E-state index contributed by atoms with van der Waals surface area (Å²) in [7, 11) is 0. The average Bonchev–Trinajstić information content (AvgIpc) is 2.96. The minimum absolute atomic E-state index is 0.0785. The van der Waals surface area contributed by atoms with Gasteiger partial charge in [-0.2, -0.15) is 0 Å². The second-order valence-electron chi connectivity index (χ2n) is 6.71. The van der Waals surface area contributed by atoms with E-state index in [1.54, 1.807) is 23.1 Å². The largest absolute Gasteiger partial charge is 0.486 e. The fourth-order valence-electron chi connectivity index (χ4n) is 2.80. The molecule has 25 heavy (non-hydrogen) atoms. The quantitative estimate of drug-likeness (QED) is 0.808. The van der Waals surface area contributed by atoms with E-state index in [9.17, 15) is 14.4 Å². The Bertz CT molecular complexity index is 731. The van der Waals surface area contributed by atoms with Crippen LogP contribution in [0.4, 0.5) is 5.69 Å². The fourth-order valence-corrected chi connectivity index (χ4v) is 2.80. The highest BCUT2D eigenvalue weighted by molar-refractivity contribution is 6.01. The van der Waals surface area contributed by atoms with E-state index in [0.29, 0.717) is 30.4 Å². The van der Waals surface area contributed by atoms with Crippen molar-refractivity contribution >= 4 is 23.4 Å². The number of nitrogens with two attached hydrogens (primary N) is 1. The van der Waals surface area contributed by atoms with E-state index < -0.39 is 17.4 Å². The van der Waals surface area contributed by atoms with Gasteiger partial charge in [0.1, 0.15) is 18.8 Å². The molecule has 0 bridgehead atoms. The Morgan fingerprint density at radius 3 is 2.60 bits per heavy atom. The minimum Gasteiger partial charge on any atom is -0.486 e. The highest BCUT2D eigenvalue weighted by atomic mass is 16.6. The Kier molecular flexibility index (Phi) is 4.28. The molecule has 2 aliphatic heterocycles. The van der Waals surface area contributed by atoms with E-state index in [1.165, 1.54) is 13.8 Å². The number of carbonyl (C=O) groups excluding carboxylic acids is 3. The predicted octanol–water partition coefficient (Wildman–Crippen LogP) is 0.191. The van der Waals surface area contributed by atoms with Crippen LogP contribution in [0.1, 0.15) is 20.3 Å². The molecule has 8 heteroatoms. The zero-order valence-electron chi connectivity index (χ0n) is 14.2. The predicted molar refractivity (Wildman–Crippen MR) is 89.3 cm³/mol. The van der Waals surface area contributed by atoms with Crippen molar-refractivity contribution in [3.05, 3.63) is 18.2 Å². The van der Waals surface area contributed by atoms with Gasteiger partial charge in [-0.15, -0.1) is 0 Å². The lowest BCUT2D eigenvalue weighted by Crippen LogP contribution is -2.54. The summed E-state index contributed by atoms with van der Waals surface area (Å²) >= 11 is 0. The number of ether oxygens (including phenoxy) is 2. The van der Waals surface area contributed by atoms with Crippen LogP contribution in [-0.4, -0.2) is 43.0 Å². The molecule has 134 valence electrons. The number of primary amides is 1. The van der Waals surface area contributed by atoms with Crippen LogP contribution >= 0.6 is 0 Å². The topological polar surface area (TPSA) is 111 Å². The maximum Gasteiger partial charge on any atom is 0.242 e. The summed E-state index contributed by atoms with van der Waals surface area (Å²) in [5.74, 6) is -0.474. The molecule has 3 amide bonds. The molecule has 3 rings (SSSR count). The summed E-state index contributed by atoms with van der Waals surface area (Å²) in [6.07, 6.45) is 0.0785. The molecule has 1 fully saturated rings. The first kappa shape index (κ1) is 17.1. The molecule has 1 saturated heterocycles. The van der Waals surface area contributed by atoms with E-state index in [1.807, 2.05) is 0 Å². The Morgan fingerprint density at radius 1 is 1.24 bits per heavy atom. The third-order valence-corrected chi connectivity index (χ3v) is 4.38. The summed E-state index contributed by atoms with van der Waals surface area (Å²) in [6, 6.07) is 5.25. The van der Waals surface area contributed by atoms with Crippen LogP contribution < -0.4 is 25.4 Å². The molecule has 3 N–H and O–H groups in total. The van der Waals surface area contributed by atoms with Crippen molar-refractivity contribution < 1.29 is 23.9 Å². The number of anilines is 1. The third-order valence-electron chi connectivity index (χ3n) is 4.38. The maximum atomic E-state index is 12.4. The van der Waals surface area contributed by atoms with Crippen LogP contribution in [0.15, 0.2) is 18.2 Å². The van der Waals surface area contributed by atoms with E-state index >= 15 is 0 Å². The van der Waals surface area contributed by atoms with E-state index in [-0.39, 0.29) is 24.8 Å². The average molecular weight is 347 g/mol. The molecule has 0 unspecified atom stereocenters. The van der Waals surface area contributed by atoms with Crippen LogP contribution in [0.5, 0.6) is 11.5 Å². The molecule has 1 atom stereocenters. The van der Waals surface area contributed by atoms with Crippen molar-refractivity contribution in [1.82, 2.24) is 5.32 Å². The summed E-state index contributed by atoms with van der Waals surface area (Å²) in [5, 5.41) is 2.60. The molecular formula is C17H21N3O5. The molecule has 8 nitrogen and oxygen atoms in total. The Hall–Kier alpha value is -2.77. The molecular weight excluding hydrogens is 326 g/mol. The van der Waals surface area contributed by atoms with Gasteiger partial charge in [0.25, 0.3) is 0 Å². The van der Waals surface area contributed by atoms with Crippen molar-refractivity contribution in [2.45, 2.75) is 25.8 Å². The Morgan fingerprint density at radius 2 is 1.92 bits per heavy atom. The Labute approximate surface area is 145 Å². The number of nitrogens with one attached hydrogen (secondary N) is 1. The van der Waals surface area contributed by atoms with Gasteiger partial charge in [-0.3, -0.25) is 14.4 Å². The van der Waals surface area contributed by atoms with Gasteiger partial charge in [-0.25, -0.2) is 0 Å². The molecule has 0 aromatic heterocycles. The number of fused-ring (bicyclic) bond motifs is 1. The number of nitrogens with zero attached hydrogens (tertiary/aromatic N) is 1. The van der Waals surface area contributed by atoms with Gasteiger partial charge >= 0.3 is 0 Å². The SMILES string of the molecule is CC(C)(NC(=O)[C@H]1CC(=O)N(c2ccc3c(c2)OCCO3)C1)C(N)=O. The third kappa shape index (κ3) is 3.38. The van der Waals surface area contributed by atoms with Crippen LogP contribution in [0.25, 0.3) is 0 Å². The van der Waals surface area contributed by atoms with E-state index in [4.69, 9.17) is 15.2 Å². The van der Waals surface area contributed by atoms with Crippen molar-refractivity contribution in [2.75, 3.05) is 24.7 Å². The lowest BCUT2D eigenvalue weighted by Gasteiger charge is -2.24. The normalized spacial score (nSPS) is 19.7. The van der Waals surface area contributed by atoms with Gasteiger partial charge in [0.2, 0.25) is 17.7 Å². The van der Waals surface area contributed by atoms with Gasteiger partial charge in [0.15, 0.2) is 11.5 Å². The van der Waals surface area contributed by atoms with Crippen LogP contribution in [0, 0.1) is 5.92 Å². The number of hydrogen-bond acceptors (Lipinski definition) is 5. The van der Waals surface area contributed by atoms with Gasteiger partial charge in [-0.1, -0.05) is 0 Å².